The minimum Gasteiger partial charge on any atom is -0.406 e. The summed E-state index contributed by atoms with van der Waals surface area (Å²) in [5.41, 5.74) is 1.38. The Morgan fingerprint density at radius 3 is 2.26 bits per heavy atom. The summed E-state index contributed by atoms with van der Waals surface area (Å²) in [6.07, 6.45) is -4.75. The minimum absolute atomic E-state index is 0.0651. The maximum atomic E-state index is 13.7. The summed E-state index contributed by atoms with van der Waals surface area (Å²) in [6.45, 7) is 2.95. The van der Waals surface area contributed by atoms with E-state index < -0.39 is 12.2 Å². The molecule has 4 nitrogen and oxygen atoms in total. The summed E-state index contributed by atoms with van der Waals surface area (Å²) in [7, 11) is 0. The van der Waals surface area contributed by atoms with E-state index in [1.54, 1.807) is 18.2 Å². The number of alkyl halides is 3. The maximum Gasteiger partial charge on any atom is 0.573 e. The van der Waals surface area contributed by atoms with Crippen molar-refractivity contribution in [2.24, 2.45) is 0 Å². The largest absolute Gasteiger partial charge is 0.573 e. The van der Waals surface area contributed by atoms with Crippen LogP contribution in [0.4, 0.5) is 17.6 Å². The van der Waals surface area contributed by atoms with E-state index in [9.17, 15) is 17.6 Å². The van der Waals surface area contributed by atoms with Gasteiger partial charge < -0.3 is 10.1 Å². The summed E-state index contributed by atoms with van der Waals surface area (Å²) in [6, 6.07) is 11.5. The molecule has 0 bridgehead atoms. The first-order chi connectivity index (χ1) is 12.9. The highest BCUT2D eigenvalue weighted by Crippen LogP contribution is 2.32. The predicted octanol–water partition coefficient (Wildman–Crippen LogP) is 3.59. The number of ether oxygens (including phenoxy) is 1. The van der Waals surface area contributed by atoms with Crippen molar-refractivity contribution >= 4 is 0 Å². The third kappa shape index (κ3) is 4.76. The lowest BCUT2D eigenvalue weighted by atomic mass is 9.95. The number of halogens is 4. The van der Waals surface area contributed by atoms with Crippen LogP contribution in [0.1, 0.15) is 22.7 Å². The van der Waals surface area contributed by atoms with Gasteiger partial charge in [0.1, 0.15) is 17.6 Å². The Hall–Kier alpha value is -2.63. The van der Waals surface area contributed by atoms with Crippen LogP contribution < -0.4 is 10.1 Å². The van der Waals surface area contributed by atoms with Gasteiger partial charge in [-0.1, -0.05) is 18.2 Å². The van der Waals surface area contributed by atoms with Gasteiger partial charge in [-0.15, -0.1) is 13.2 Å². The van der Waals surface area contributed by atoms with Crippen LogP contribution >= 0.6 is 0 Å². The molecule has 3 rings (SSSR count). The van der Waals surface area contributed by atoms with Crippen molar-refractivity contribution < 1.29 is 22.3 Å². The van der Waals surface area contributed by atoms with Crippen molar-refractivity contribution in [3.05, 3.63) is 65.0 Å². The Morgan fingerprint density at radius 2 is 1.67 bits per heavy atom. The van der Waals surface area contributed by atoms with Gasteiger partial charge in [-0.05, 0) is 35.4 Å². The number of nitrogens with one attached hydrogen (secondary N) is 1. The Kier molecular flexibility index (Phi) is 5.63. The fourth-order valence-corrected chi connectivity index (χ4v) is 3.20. The Balaban J connectivity index is 1.96. The molecule has 1 fully saturated rings. The first-order valence-electron chi connectivity index (χ1n) is 8.37. The van der Waals surface area contributed by atoms with Crippen molar-refractivity contribution in [3.8, 4) is 11.8 Å². The lowest BCUT2D eigenvalue weighted by molar-refractivity contribution is -0.274. The Labute approximate surface area is 154 Å². The summed E-state index contributed by atoms with van der Waals surface area (Å²) in [4.78, 5) is 2.14. The topological polar surface area (TPSA) is 48.3 Å². The number of hydrogen-bond acceptors (Lipinski definition) is 4. The van der Waals surface area contributed by atoms with E-state index in [4.69, 9.17) is 5.26 Å². The third-order valence-corrected chi connectivity index (χ3v) is 4.37. The van der Waals surface area contributed by atoms with Gasteiger partial charge in [0.2, 0.25) is 0 Å². The fourth-order valence-electron chi connectivity index (χ4n) is 3.20. The number of rotatable bonds is 4. The zero-order valence-electron chi connectivity index (χ0n) is 14.3. The highest BCUT2D eigenvalue weighted by molar-refractivity contribution is 5.41. The molecule has 1 aliphatic rings. The smallest absolute Gasteiger partial charge is 0.406 e. The van der Waals surface area contributed by atoms with E-state index in [1.165, 1.54) is 24.3 Å². The number of nitrogens with zero attached hydrogens (tertiary/aromatic N) is 2. The molecule has 0 spiro atoms. The van der Waals surface area contributed by atoms with E-state index in [0.717, 1.165) is 18.7 Å². The van der Waals surface area contributed by atoms with Gasteiger partial charge in [0.05, 0.1) is 11.6 Å². The molecule has 0 unspecified atom stereocenters. The summed E-state index contributed by atoms with van der Waals surface area (Å²) < 4.78 is 54.8. The average Bonchev–Trinajstić information content (AvgIpc) is 2.64. The quantitative estimate of drug-likeness (QED) is 0.825. The molecule has 0 amide bonds. The van der Waals surface area contributed by atoms with E-state index in [2.05, 4.69) is 15.0 Å². The molecule has 142 valence electrons. The second-order valence-corrected chi connectivity index (χ2v) is 6.16. The second kappa shape index (κ2) is 7.94. The Morgan fingerprint density at radius 1 is 1.04 bits per heavy atom. The number of hydrogen-bond donors (Lipinski definition) is 1. The molecule has 2 aromatic rings. The molecule has 0 aromatic heterocycles. The van der Waals surface area contributed by atoms with E-state index >= 15 is 0 Å². The third-order valence-electron chi connectivity index (χ3n) is 4.37. The predicted molar refractivity (Wildman–Crippen MR) is 90.5 cm³/mol. The molecular formula is C19H17F4N3O. The molecule has 8 heteroatoms. The van der Waals surface area contributed by atoms with Crippen LogP contribution in [0.15, 0.2) is 42.5 Å². The zero-order valence-corrected chi connectivity index (χ0v) is 14.3. The standard InChI is InChI=1S/C19H17F4N3O/c20-17-6-3-14(11-15(17)12-24)18(26-9-7-25-8-10-26)13-1-4-16(5-2-13)27-19(21,22)23/h1-6,11,18,25H,7-10H2/t18-/m0/s1. The van der Waals surface area contributed by atoms with Crippen LogP contribution in [-0.2, 0) is 0 Å². The van der Waals surface area contributed by atoms with Crippen molar-refractivity contribution in [1.82, 2.24) is 10.2 Å². The van der Waals surface area contributed by atoms with Crippen molar-refractivity contribution in [2.75, 3.05) is 26.2 Å². The van der Waals surface area contributed by atoms with Gasteiger partial charge in [0, 0.05) is 26.2 Å². The second-order valence-electron chi connectivity index (χ2n) is 6.16. The molecular weight excluding hydrogens is 362 g/mol. The molecule has 27 heavy (non-hydrogen) atoms. The molecule has 0 saturated carbocycles. The van der Waals surface area contributed by atoms with Gasteiger partial charge in [0.25, 0.3) is 0 Å². The SMILES string of the molecule is N#Cc1cc([C@H](c2ccc(OC(F)(F)F)cc2)N2CCNCC2)ccc1F. The number of piperazine rings is 1. The van der Waals surface area contributed by atoms with E-state index in [0.29, 0.717) is 18.7 Å². The summed E-state index contributed by atoms with van der Waals surface area (Å²) in [5.74, 6) is -0.906. The highest BCUT2D eigenvalue weighted by atomic mass is 19.4. The molecule has 1 saturated heterocycles. The van der Waals surface area contributed by atoms with Crippen molar-refractivity contribution in [3.63, 3.8) is 0 Å². The lowest BCUT2D eigenvalue weighted by Crippen LogP contribution is -2.45. The molecule has 2 aromatic carbocycles. The molecule has 1 N–H and O–H groups in total. The normalized spacial score (nSPS) is 16.6. The van der Waals surface area contributed by atoms with Crippen molar-refractivity contribution in [2.45, 2.75) is 12.4 Å². The van der Waals surface area contributed by atoms with E-state index in [1.807, 2.05) is 6.07 Å². The van der Waals surface area contributed by atoms with Gasteiger partial charge in [-0.2, -0.15) is 5.26 Å². The molecule has 0 radical (unpaired) electrons. The fraction of sp³-hybridized carbons (Fsp3) is 0.316. The first kappa shape index (κ1) is 19.1. The summed E-state index contributed by atoms with van der Waals surface area (Å²) in [5, 5.41) is 12.4. The van der Waals surface area contributed by atoms with Crippen LogP contribution in [0.3, 0.4) is 0 Å². The Bertz CT molecular complexity index is 824. The summed E-state index contributed by atoms with van der Waals surface area (Å²) >= 11 is 0. The van der Waals surface area contributed by atoms with Gasteiger partial charge in [-0.25, -0.2) is 4.39 Å². The maximum absolute atomic E-state index is 13.7. The molecule has 0 aliphatic carbocycles. The van der Waals surface area contributed by atoms with Crippen LogP contribution in [0.5, 0.6) is 5.75 Å². The molecule has 1 heterocycles. The number of nitriles is 1. The van der Waals surface area contributed by atoms with Crippen molar-refractivity contribution in [1.29, 1.82) is 5.26 Å². The van der Waals surface area contributed by atoms with Crippen LogP contribution in [-0.4, -0.2) is 37.4 Å². The number of benzene rings is 2. The monoisotopic (exact) mass is 379 g/mol. The molecule has 1 aliphatic heterocycles. The van der Waals surface area contributed by atoms with Gasteiger partial charge >= 0.3 is 6.36 Å². The zero-order chi connectivity index (χ0) is 19.4. The van der Waals surface area contributed by atoms with Gasteiger partial charge in [0.15, 0.2) is 0 Å². The van der Waals surface area contributed by atoms with E-state index in [-0.39, 0.29) is 17.4 Å². The average molecular weight is 379 g/mol. The minimum atomic E-state index is -4.75. The highest BCUT2D eigenvalue weighted by Gasteiger charge is 2.31. The van der Waals surface area contributed by atoms with Crippen LogP contribution in [0.2, 0.25) is 0 Å². The van der Waals surface area contributed by atoms with Crippen LogP contribution in [0, 0.1) is 17.1 Å². The van der Waals surface area contributed by atoms with Crippen LogP contribution in [0.25, 0.3) is 0 Å². The first-order valence-corrected chi connectivity index (χ1v) is 8.37. The molecule has 1 atom stereocenters. The lowest BCUT2D eigenvalue weighted by Gasteiger charge is -2.35. The van der Waals surface area contributed by atoms with Gasteiger partial charge in [-0.3, -0.25) is 4.90 Å².